The van der Waals surface area contributed by atoms with Gasteiger partial charge in [0.05, 0.1) is 22.9 Å². The Morgan fingerprint density at radius 1 is 1.15 bits per heavy atom. The summed E-state index contributed by atoms with van der Waals surface area (Å²) in [5.41, 5.74) is 3.69. The van der Waals surface area contributed by atoms with Gasteiger partial charge >= 0.3 is 0 Å². The molecular formula is C24H26F2N6O2. The highest BCUT2D eigenvalue weighted by Crippen LogP contribution is 2.47. The number of aromatic amines is 1. The van der Waals surface area contributed by atoms with E-state index in [9.17, 15) is 18.4 Å². The first-order valence-corrected chi connectivity index (χ1v) is 11.4. The van der Waals surface area contributed by atoms with Crippen LogP contribution in [-0.4, -0.2) is 64.9 Å². The van der Waals surface area contributed by atoms with Gasteiger partial charge in [-0.15, -0.1) is 0 Å². The molecule has 8 nitrogen and oxygen atoms in total. The number of fused-ring (bicyclic) bond motifs is 1. The molecule has 0 radical (unpaired) electrons. The van der Waals surface area contributed by atoms with Crippen molar-refractivity contribution in [2.45, 2.75) is 31.2 Å². The zero-order chi connectivity index (χ0) is 23.9. The molecule has 0 atom stereocenters. The van der Waals surface area contributed by atoms with Crippen LogP contribution in [0.1, 0.15) is 40.4 Å². The number of alkyl halides is 2. The smallest absolute Gasteiger partial charge is 0.269 e. The number of nitrogens with one attached hydrogen (secondary N) is 2. The Balaban J connectivity index is 1.21. The van der Waals surface area contributed by atoms with Gasteiger partial charge in [-0.1, -0.05) is 0 Å². The molecule has 5 rings (SSSR count). The van der Waals surface area contributed by atoms with Crippen LogP contribution in [0.2, 0.25) is 0 Å². The van der Waals surface area contributed by atoms with Crippen LogP contribution in [0.25, 0.3) is 11.0 Å². The molecule has 3 aromatic rings. The van der Waals surface area contributed by atoms with Crippen molar-refractivity contribution in [3.05, 3.63) is 63.8 Å². The third kappa shape index (κ3) is 4.50. The van der Waals surface area contributed by atoms with E-state index in [-0.39, 0.29) is 24.3 Å². The normalized spacial score (nSPS) is 18.6. The van der Waals surface area contributed by atoms with Crippen LogP contribution in [0.15, 0.2) is 41.5 Å². The number of anilines is 1. The van der Waals surface area contributed by atoms with Crippen LogP contribution >= 0.6 is 0 Å². The van der Waals surface area contributed by atoms with E-state index in [0.29, 0.717) is 28.8 Å². The van der Waals surface area contributed by atoms with Crippen LogP contribution in [0.5, 0.6) is 0 Å². The molecule has 0 bridgehead atoms. The van der Waals surface area contributed by atoms with Crippen LogP contribution < -0.4 is 15.8 Å². The number of H-pyrrole nitrogens is 1. The molecule has 34 heavy (non-hydrogen) atoms. The molecule has 1 aliphatic heterocycles. The van der Waals surface area contributed by atoms with Gasteiger partial charge in [-0.25, -0.2) is 13.8 Å². The van der Waals surface area contributed by atoms with Crippen LogP contribution in [0.4, 0.5) is 14.5 Å². The van der Waals surface area contributed by atoms with Crippen molar-refractivity contribution in [1.29, 1.82) is 0 Å². The molecule has 0 spiro atoms. The molecule has 0 unspecified atom stereocenters. The highest BCUT2D eigenvalue weighted by atomic mass is 19.3. The molecule has 4 heterocycles. The number of halogens is 2. The summed E-state index contributed by atoms with van der Waals surface area (Å²) < 4.78 is 26.4. The quantitative estimate of drug-likeness (QED) is 0.598. The van der Waals surface area contributed by atoms with Crippen molar-refractivity contribution in [3.8, 4) is 0 Å². The molecule has 0 aromatic carbocycles. The fourth-order valence-corrected chi connectivity index (χ4v) is 4.67. The molecule has 2 fully saturated rings. The predicted octanol–water partition coefficient (Wildman–Crippen LogP) is 2.51. The third-order valence-corrected chi connectivity index (χ3v) is 6.66. The maximum absolute atomic E-state index is 13.2. The van der Waals surface area contributed by atoms with Gasteiger partial charge in [-0.3, -0.25) is 19.5 Å². The zero-order valence-electron chi connectivity index (χ0n) is 18.9. The Hall–Kier alpha value is -3.40. The zero-order valence-corrected chi connectivity index (χ0v) is 18.9. The standard InChI is InChI=1S/C24H26F2N6O2/c1-27-23(34)19-3-2-17(13-29-19)32-6-4-31(5-7-32)14-15-8-21-20(28-12-15)9-18(22(33)30-21)16-10-24(25,26)11-16/h2-3,8-9,12-13,16H,4-7,10-11,14H2,1H3,(H,27,34)(H,30,33). The van der Waals surface area contributed by atoms with E-state index in [0.717, 1.165) is 37.4 Å². The summed E-state index contributed by atoms with van der Waals surface area (Å²) in [5, 5.41) is 2.57. The molecule has 3 aromatic heterocycles. The van der Waals surface area contributed by atoms with E-state index in [4.69, 9.17) is 0 Å². The highest BCUT2D eigenvalue weighted by molar-refractivity contribution is 5.92. The second-order valence-corrected chi connectivity index (χ2v) is 9.04. The first kappa shape index (κ1) is 22.4. The average molecular weight is 469 g/mol. The van der Waals surface area contributed by atoms with Crippen molar-refractivity contribution in [2.24, 2.45) is 0 Å². The molecule has 2 N–H and O–H groups in total. The van der Waals surface area contributed by atoms with E-state index >= 15 is 0 Å². The molecule has 2 aliphatic rings. The number of hydrogen-bond acceptors (Lipinski definition) is 6. The number of aromatic nitrogens is 3. The Morgan fingerprint density at radius 2 is 1.91 bits per heavy atom. The number of piperazine rings is 1. The second kappa shape index (κ2) is 8.75. The minimum Gasteiger partial charge on any atom is -0.368 e. The Kier molecular flexibility index (Phi) is 5.76. The van der Waals surface area contributed by atoms with E-state index in [1.807, 2.05) is 12.1 Å². The lowest BCUT2D eigenvalue weighted by Gasteiger charge is -2.36. The van der Waals surface area contributed by atoms with Crippen LogP contribution in [0, 0.1) is 0 Å². The minimum atomic E-state index is -2.67. The summed E-state index contributed by atoms with van der Waals surface area (Å²) in [7, 11) is 1.58. The van der Waals surface area contributed by atoms with Gasteiger partial charge in [0.1, 0.15) is 5.69 Å². The summed E-state index contributed by atoms with van der Waals surface area (Å²) in [6.07, 6.45) is 2.95. The first-order valence-electron chi connectivity index (χ1n) is 11.4. The Morgan fingerprint density at radius 3 is 2.56 bits per heavy atom. The molecule has 1 aliphatic carbocycles. The number of pyridine rings is 3. The van der Waals surface area contributed by atoms with Gasteiger partial charge < -0.3 is 15.2 Å². The van der Waals surface area contributed by atoms with Crippen molar-refractivity contribution >= 4 is 22.6 Å². The summed E-state index contributed by atoms with van der Waals surface area (Å²) >= 11 is 0. The minimum absolute atomic E-state index is 0.206. The highest BCUT2D eigenvalue weighted by Gasteiger charge is 2.46. The Bertz CT molecular complexity index is 1260. The van der Waals surface area contributed by atoms with Crippen molar-refractivity contribution < 1.29 is 13.6 Å². The van der Waals surface area contributed by atoms with E-state index in [2.05, 4.69) is 30.1 Å². The fourth-order valence-electron chi connectivity index (χ4n) is 4.67. The topological polar surface area (TPSA) is 94.2 Å². The van der Waals surface area contributed by atoms with Crippen LogP contribution in [-0.2, 0) is 6.54 Å². The van der Waals surface area contributed by atoms with Crippen molar-refractivity contribution in [2.75, 3.05) is 38.1 Å². The fraction of sp³-hybridized carbons (Fsp3) is 0.417. The van der Waals surface area contributed by atoms with Gasteiger partial charge in [0, 0.05) is 70.3 Å². The Labute approximate surface area is 195 Å². The van der Waals surface area contributed by atoms with Gasteiger partial charge in [0.25, 0.3) is 11.5 Å². The average Bonchev–Trinajstić information content (AvgIpc) is 2.82. The van der Waals surface area contributed by atoms with Gasteiger partial charge in [0.15, 0.2) is 0 Å². The number of hydrogen-bond donors (Lipinski definition) is 2. The molecule has 1 saturated heterocycles. The lowest BCUT2D eigenvalue weighted by atomic mass is 9.77. The van der Waals surface area contributed by atoms with E-state index in [1.54, 1.807) is 31.6 Å². The summed E-state index contributed by atoms with van der Waals surface area (Å²) in [4.78, 5) is 40.2. The number of carbonyl (C=O) groups is 1. The maximum Gasteiger partial charge on any atom is 0.269 e. The molecule has 178 valence electrons. The lowest BCUT2D eigenvalue weighted by molar-refractivity contribution is -0.0869. The van der Waals surface area contributed by atoms with Gasteiger partial charge in [-0.2, -0.15) is 0 Å². The first-order chi connectivity index (χ1) is 16.3. The molecular weight excluding hydrogens is 442 g/mol. The predicted molar refractivity (Wildman–Crippen MR) is 124 cm³/mol. The van der Waals surface area contributed by atoms with E-state index < -0.39 is 11.8 Å². The largest absolute Gasteiger partial charge is 0.368 e. The number of amides is 1. The van der Waals surface area contributed by atoms with Crippen molar-refractivity contribution in [3.63, 3.8) is 0 Å². The number of rotatable bonds is 5. The van der Waals surface area contributed by atoms with Crippen molar-refractivity contribution in [1.82, 2.24) is 25.2 Å². The summed E-state index contributed by atoms with van der Waals surface area (Å²) in [5.74, 6) is -3.28. The van der Waals surface area contributed by atoms with Crippen LogP contribution in [0.3, 0.4) is 0 Å². The third-order valence-electron chi connectivity index (χ3n) is 6.66. The number of carbonyl (C=O) groups excluding carboxylic acids is 1. The van der Waals surface area contributed by atoms with Gasteiger partial charge in [0.2, 0.25) is 5.92 Å². The maximum atomic E-state index is 13.2. The lowest BCUT2D eigenvalue weighted by Crippen LogP contribution is -2.46. The number of nitrogens with zero attached hydrogens (tertiary/aromatic N) is 4. The summed E-state index contributed by atoms with van der Waals surface area (Å²) in [6, 6.07) is 7.20. The van der Waals surface area contributed by atoms with Gasteiger partial charge in [-0.05, 0) is 29.8 Å². The molecule has 10 heteroatoms. The SMILES string of the molecule is CNC(=O)c1ccc(N2CCN(Cc3cnc4cc(C5CC(F)(F)C5)c(=O)[nH]c4c3)CC2)cn1. The molecule has 1 amide bonds. The molecule has 1 saturated carbocycles. The monoisotopic (exact) mass is 468 g/mol. The van der Waals surface area contributed by atoms with E-state index in [1.165, 1.54) is 0 Å². The second-order valence-electron chi connectivity index (χ2n) is 9.04. The summed E-state index contributed by atoms with van der Waals surface area (Å²) in [6.45, 7) is 4.05.